The number of fused-ring (bicyclic) bond motifs is 7. The monoisotopic (exact) mass is 879 g/mol. The fourth-order valence-electron chi connectivity index (χ4n) is 12.2. The fourth-order valence-corrected chi connectivity index (χ4v) is 12.2. The molecule has 0 fully saturated rings. The maximum Gasteiger partial charge on any atom is 0.0714 e. The molecular weight excluding hydrogens is 831 g/mol. The van der Waals surface area contributed by atoms with Gasteiger partial charge in [0, 0.05) is 22.1 Å². The second-order valence-corrected chi connectivity index (χ2v) is 19.1. The molecular formula is C68H49N. The minimum atomic E-state index is -0.565. The van der Waals surface area contributed by atoms with E-state index in [0.717, 1.165) is 22.6 Å². The van der Waals surface area contributed by atoms with Gasteiger partial charge in [-0.15, -0.1) is 0 Å². The molecule has 13 rings (SSSR count). The first-order valence-electron chi connectivity index (χ1n) is 24.2. The summed E-state index contributed by atoms with van der Waals surface area (Å²) in [4.78, 5) is 2.60. The molecule has 0 atom stereocenters. The van der Waals surface area contributed by atoms with E-state index < -0.39 is 5.41 Å². The Balaban J connectivity index is 1.15. The predicted octanol–water partition coefficient (Wildman–Crippen LogP) is 18.0. The van der Waals surface area contributed by atoms with Gasteiger partial charge in [0.25, 0.3) is 0 Å². The quantitative estimate of drug-likeness (QED) is 0.147. The van der Waals surface area contributed by atoms with Crippen molar-refractivity contribution in [3.8, 4) is 55.6 Å². The summed E-state index contributed by atoms with van der Waals surface area (Å²) in [6, 6.07) is 97.0. The zero-order valence-electron chi connectivity index (χ0n) is 38.8. The molecule has 1 nitrogen and oxygen atoms in total. The molecule has 0 radical (unpaired) electrons. The van der Waals surface area contributed by atoms with Gasteiger partial charge >= 0.3 is 0 Å². The van der Waals surface area contributed by atoms with Gasteiger partial charge in [-0.3, -0.25) is 0 Å². The Labute approximate surface area is 405 Å². The second-order valence-electron chi connectivity index (χ2n) is 19.1. The number of hydrogen-bond donors (Lipinski definition) is 0. The second kappa shape index (κ2) is 16.1. The number of hydrogen-bond acceptors (Lipinski definition) is 1. The van der Waals surface area contributed by atoms with Crippen molar-refractivity contribution in [1.29, 1.82) is 0 Å². The SMILES string of the molecule is CC1(C)c2ccccc2-c2c(-c3ccccc3N(c3ccccc3-c3cccc4cccc(-c5ccccc5)c34)c3cccc4c3-c3ccccc3C4(c3ccccc3)c3ccccc3)cccc21. The highest BCUT2D eigenvalue weighted by Crippen LogP contribution is 2.61. The zero-order chi connectivity index (χ0) is 46.1. The highest BCUT2D eigenvalue weighted by molar-refractivity contribution is 6.10. The predicted molar refractivity (Wildman–Crippen MR) is 290 cm³/mol. The van der Waals surface area contributed by atoms with Crippen LogP contribution in [0.1, 0.15) is 47.2 Å². The third-order valence-electron chi connectivity index (χ3n) is 15.2. The van der Waals surface area contributed by atoms with Gasteiger partial charge in [-0.05, 0) is 101 Å². The molecule has 2 aliphatic carbocycles. The summed E-state index contributed by atoms with van der Waals surface area (Å²) in [5.74, 6) is 0. The molecule has 0 heterocycles. The molecule has 0 spiro atoms. The van der Waals surface area contributed by atoms with Gasteiger partial charge in [0.2, 0.25) is 0 Å². The van der Waals surface area contributed by atoms with Gasteiger partial charge in [-0.25, -0.2) is 0 Å². The van der Waals surface area contributed by atoms with Crippen molar-refractivity contribution >= 4 is 27.8 Å². The van der Waals surface area contributed by atoms with Crippen LogP contribution in [0.5, 0.6) is 0 Å². The van der Waals surface area contributed by atoms with Crippen LogP contribution in [0.25, 0.3) is 66.4 Å². The number of nitrogens with zero attached hydrogens (tertiary/aromatic N) is 1. The Morgan fingerprint density at radius 3 is 1.35 bits per heavy atom. The van der Waals surface area contributed by atoms with E-state index in [0.29, 0.717) is 0 Å². The summed E-state index contributed by atoms with van der Waals surface area (Å²) in [5, 5.41) is 2.45. The Hall–Kier alpha value is -8.52. The van der Waals surface area contributed by atoms with E-state index in [2.05, 4.69) is 280 Å². The van der Waals surface area contributed by atoms with E-state index in [1.165, 1.54) is 94.2 Å². The van der Waals surface area contributed by atoms with Crippen molar-refractivity contribution in [2.45, 2.75) is 24.7 Å². The van der Waals surface area contributed by atoms with Gasteiger partial charge in [0.1, 0.15) is 0 Å². The first-order valence-corrected chi connectivity index (χ1v) is 24.2. The van der Waals surface area contributed by atoms with Crippen molar-refractivity contribution in [3.05, 3.63) is 294 Å². The first kappa shape index (κ1) is 40.7. The molecule has 0 saturated heterocycles. The zero-order valence-corrected chi connectivity index (χ0v) is 38.8. The molecule has 11 aromatic rings. The molecule has 0 bridgehead atoms. The summed E-state index contributed by atoms with van der Waals surface area (Å²) >= 11 is 0. The lowest BCUT2D eigenvalue weighted by Gasteiger charge is -2.35. The maximum atomic E-state index is 2.60. The Kier molecular flexibility index (Phi) is 9.49. The Morgan fingerprint density at radius 1 is 0.275 bits per heavy atom. The highest BCUT2D eigenvalue weighted by atomic mass is 15.2. The van der Waals surface area contributed by atoms with E-state index in [-0.39, 0.29) is 5.41 Å². The Bertz CT molecular complexity index is 3710. The van der Waals surface area contributed by atoms with E-state index in [1.807, 2.05) is 0 Å². The topological polar surface area (TPSA) is 3.24 Å². The number of anilines is 3. The largest absolute Gasteiger partial charge is 0.309 e. The number of para-hydroxylation sites is 2. The van der Waals surface area contributed by atoms with Gasteiger partial charge in [-0.1, -0.05) is 257 Å². The average molecular weight is 880 g/mol. The molecule has 0 amide bonds. The van der Waals surface area contributed by atoms with Gasteiger partial charge < -0.3 is 4.90 Å². The summed E-state index contributed by atoms with van der Waals surface area (Å²) in [7, 11) is 0. The smallest absolute Gasteiger partial charge is 0.0714 e. The molecule has 0 N–H and O–H groups in total. The molecule has 69 heavy (non-hydrogen) atoms. The average Bonchev–Trinajstić information content (AvgIpc) is 3.85. The fraction of sp³-hybridized carbons (Fsp3) is 0.0588. The molecule has 11 aromatic carbocycles. The van der Waals surface area contributed by atoms with E-state index in [1.54, 1.807) is 0 Å². The summed E-state index contributed by atoms with van der Waals surface area (Å²) in [5.41, 5.74) is 22.7. The lowest BCUT2D eigenvalue weighted by Crippen LogP contribution is -2.28. The van der Waals surface area contributed by atoms with Crippen LogP contribution >= 0.6 is 0 Å². The molecule has 0 aliphatic heterocycles. The van der Waals surface area contributed by atoms with Crippen molar-refractivity contribution in [1.82, 2.24) is 0 Å². The molecule has 0 aromatic heterocycles. The summed E-state index contributed by atoms with van der Waals surface area (Å²) in [6.07, 6.45) is 0. The summed E-state index contributed by atoms with van der Waals surface area (Å²) < 4.78 is 0. The molecule has 2 aliphatic rings. The first-order chi connectivity index (χ1) is 34.0. The van der Waals surface area contributed by atoms with Crippen LogP contribution in [0.3, 0.4) is 0 Å². The Morgan fingerprint density at radius 2 is 0.696 bits per heavy atom. The highest BCUT2D eigenvalue weighted by Gasteiger charge is 2.47. The maximum absolute atomic E-state index is 2.60. The van der Waals surface area contributed by atoms with Crippen molar-refractivity contribution in [3.63, 3.8) is 0 Å². The van der Waals surface area contributed by atoms with Crippen LogP contribution in [0.15, 0.2) is 261 Å². The third kappa shape index (κ3) is 6.10. The van der Waals surface area contributed by atoms with Gasteiger partial charge in [0.15, 0.2) is 0 Å². The lowest BCUT2D eigenvalue weighted by molar-refractivity contribution is 0.660. The van der Waals surface area contributed by atoms with E-state index in [4.69, 9.17) is 0 Å². The van der Waals surface area contributed by atoms with Crippen molar-refractivity contribution in [2.75, 3.05) is 4.90 Å². The van der Waals surface area contributed by atoms with Gasteiger partial charge in [-0.2, -0.15) is 0 Å². The van der Waals surface area contributed by atoms with Crippen LogP contribution in [-0.2, 0) is 10.8 Å². The standard InChI is InChI=1S/C68H49N/c1-67(2)57-39-16-12-34-55(57)65-54(38-22-41-59(65)67)52-33-15-19-44-62(52)69(61-43-18-14-32-51(61)53-37-21-27-47-26-20-36-50(64(47)53)46-24-6-3-7-25-46)63-45-23-42-60-66(63)56-35-13-17-40-58(56)68(60,48-28-8-4-9-29-48)49-30-10-5-11-31-49/h3-45H,1-2H3. The van der Waals surface area contributed by atoms with Crippen LogP contribution in [0, 0.1) is 0 Å². The molecule has 0 unspecified atom stereocenters. The van der Waals surface area contributed by atoms with Crippen LogP contribution in [0.2, 0.25) is 0 Å². The lowest BCUT2D eigenvalue weighted by atomic mass is 9.68. The summed E-state index contributed by atoms with van der Waals surface area (Å²) in [6.45, 7) is 4.75. The number of rotatable bonds is 8. The third-order valence-corrected chi connectivity index (χ3v) is 15.2. The number of benzene rings is 11. The molecule has 1 heteroatoms. The van der Waals surface area contributed by atoms with Crippen molar-refractivity contribution in [2.24, 2.45) is 0 Å². The molecule has 326 valence electrons. The minimum Gasteiger partial charge on any atom is -0.309 e. The van der Waals surface area contributed by atoms with Crippen molar-refractivity contribution < 1.29 is 0 Å². The van der Waals surface area contributed by atoms with E-state index >= 15 is 0 Å². The van der Waals surface area contributed by atoms with E-state index in [9.17, 15) is 0 Å². The molecule has 0 saturated carbocycles. The van der Waals surface area contributed by atoms with Crippen LogP contribution in [0.4, 0.5) is 17.1 Å². The van der Waals surface area contributed by atoms with Crippen LogP contribution in [-0.4, -0.2) is 0 Å². The normalized spacial score (nSPS) is 13.6. The minimum absolute atomic E-state index is 0.143. The van der Waals surface area contributed by atoms with Gasteiger partial charge in [0.05, 0.1) is 22.5 Å². The van der Waals surface area contributed by atoms with Crippen LogP contribution < -0.4 is 4.90 Å².